The number of fused-ring (bicyclic) bond motifs is 1. The Kier molecular flexibility index (Phi) is 4.87. The molecule has 1 atom stereocenters. The van der Waals surface area contributed by atoms with Gasteiger partial charge in [0.1, 0.15) is 0 Å². The second-order valence-corrected chi connectivity index (χ2v) is 6.80. The third-order valence-corrected chi connectivity index (χ3v) is 5.36. The summed E-state index contributed by atoms with van der Waals surface area (Å²) in [5.74, 6) is 0. The predicted molar refractivity (Wildman–Crippen MR) is 85.8 cm³/mol. The van der Waals surface area contributed by atoms with Crippen molar-refractivity contribution in [2.45, 2.75) is 31.7 Å². The minimum Gasteiger partial charge on any atom is -0.300 e. The van der Waals surface area contributed by atoms with Gasteiger partial charge in [-0.2, -0.15) is 0 Å². The molecule has 3 rings (SSSR count). The maximum absolute atomic E-state index is 6.07. The fourth-order valence-electron chi connectivity index (χ4n) is 3.41. The molecule has 0 spiro atoms. The van der Waals surface area contributed by atoms with Crippen molar-refractivity contribution in [3.8, 4) is 0 Å². The number of rotatable bonds is 3. The molecule has 0 amide bonds. The Balaban J connectivity index is 1.52. The number of hydrogen-bond donors (Lipinski definition) is 0. The van der Waals surface area contributed by atoms with E-state index < -0.39 is 0 Å². The summed E-state index contributed by atoms with van der Waals surface area (Å²) in [7, 11) is 0. The molecule has 0 bridgehead atoms. The summed E-state index contributed by atoms with van der Waals surface area (Å²) in [6, 6.07) is 6.79. The molecule has 1 aromatic carbocycles. The van der Waals surface area contributed by atoms with Crippen LogP contribution in [0.2, 0.25) is 10.0 Å². The zero-order valence-electron chi connectivity index (χ0n) is 11.8. The molecule has 2 nitrogen and oxygen atoms in total. The Hall–Kier alpha value is -0.280. The highest BCUT2D eigenvalue weighted by Crippen LogP contribution is 2.24. The summed E-state index contributed by atoms with van der Waals surface area (Å²) in [4.78, 5) is 5.29. The number of piperazine rings is 1. The first-order chi connectivity index (χ1) is 9.72. The highest BCUT2D eigenvalue weighted by Gasteiger charge is 2.28. The van der Waals surface area contributed by atoms with Gasteiger partial charge in [0, 0.05) is 32.2 Å². The lowest BCUT2D eigenvalue weighted by molar-refractivity contribution is 0.0500. The number of benzene rings is 1. The van der Waals surface area contributed by atoms with Crippen LogP contribution in [0.1, 0.15) is 24.8 Å². The van der Waals surface area contributed by atoms with E-state index in [4.69, 9.17) is 23.2 Å². The van der Waals surface area contributed by atoms with Crippen LogP contribution in [0.3, 0.4) is 0 Å². The fraction of sp³-hybridized carbons (Fsp3) is 0.625. The number of piperidine rings is 1. The maximum atomic E-state index is 6.07. The summed E-state index contributed by atoms with van der Waals surface area (Å²) >= 11 is 12.0. The van der Waals surface area contributed by atoms with Crippen molar-refractivity contribution in [1.29, 1.82) is 0 Å². The van der Waals surface area contributed by atoms with Crippen molar-refractivity contribution in [3.05, 3.63) is 33.8 Å². The minimum absolute atomic E-state index is 0.645. The van der Waals surface area contributed by atoms with Crippen molar-refractivity contribution in [2.24, 2.45) is 0 Å². The van der Waals surface area contributed by atoms with Gasteiger partial charge in [0.15, 0.2) is 0 Å². The summed E-state index contributed by atoms with van der Waals surface area (Å²) in [5.41, 5.74) is 1.28. The van der Waals surface area contributed by atoms with Crippen LogP contribution in [-0.4, -0.2) is 48.6 Å². The van der Waals surface area contributed by atoms with Gasteiger partial charge in [0.2, 0.25) is 0 Å². The molecule has 0 unspecified atom stereocenters. The quantitative estimate of drug-likeness (QED) is 0.839. The lowest BCUT2D eigenvalue weighted by Crippen LogP contribution is -2.55. The van der Waals surface area contributed by atoms with Gasteiger partial charge in [-0.15, -0.1) is 0 Å². The molecular weight excluding hydrogens is 291 g/mol. The first-order valence-electron chi connectivity index (χ1n) is 7.63. The van der Waals surface area contributed by atoms with E-state index in [0.717, 1.165) is 19.0 Å². The molecule has 0 N–H and O–H groups in total. The molecule has 2 aliphatic rings. The normalized spacial score (nSPS) is 24.6. The van der Waals surface area contributed by atoms with Crippen molar-refractivity contribution in [1.82, 2.24) is 9.80 Å². The number of halogens is 2. The molecule has 2 saturated heterocycles. The van der Waals surface area contributed by atoms with E-state index in [1.165, 1.54) is 51.0 Å². The Morgan fingerprint density at radius 2 is 1.95 bits per heavy atom. The third kappa shape index (κ3) is 3.48. The van der Waals surface area contributed by atoms with Crippen LogP contribution in [-0.2, 0) is 6.42 Å². The summed E-state index contributed by atoms with van der Waals surface area (Å²) in [6.45, 7) is 6.12. The maximum Gasteiger partial charge on any atom is 0.0595 e. The van der Waals surface area contributed by atoms with Crippen LogP contribution in [0, 0.1) is 0 Å². The molecular formula is C16H22Cl2N2. The first kappa shape index (κ1) is 14.6. The Bertz CT molecular complexity index is 464. The molecule has 110 valence electrons. The highest BCUT2D eigenvalue weighted by molar-refractivity contribution is 6.42. The molecule has 0 aliphatic carbocycles. The summed E-state index contributed by atoms with van der Waals surface area (Å²) in [5, 5.41) is 1.31. The Morgan fingerprint density at radius 3 is 2.80 bits per heavy atom. The van der Waals surface area contributed by atoms with E-state index in [1.807, 2.05) is 12.1 Å². The Labute approximate surface area is 131 Å². The summed E-state index contributed by atoms with van der Waals surface area (Å²) in [6.07, 6.45) is 5.23. The molecule has 1 aromatic rings. The standard InChI is InChI=1S/C16H22Cl2N2/c17-15-5-4-13(11-16(15)18)6-8-19-9-10-20-7-2-1-3-14(20)12-19/h4-5,11,14H,1-3,6-10,12H2/t14-/m1/s1. The average Bonchev–Trinajstić information content (AvgIpc) is 2.48. The van der Waals surface area contributed by atoms with Crippen LogP contribution in [0.25, 0.3) is 0 Å². The van der Waals surface area contributed by atoms with Gasteiger partial charge in [-0.25, -0.2) is 0 Å². The van der Waals surface area contributed by atoms with E-state index in [-0.39, 0.29) is 0 Å². The van der Waals surface area contributed by atoms with Gasteiger partial charge in [-0.3, -0.25) is 4.90 Å². The topological polar surface area (TPSA) is 6.48 Å². The molecule has 4 heteroatoms. The predicted octanol–water partition coefficient (Wildman–Crippen LogP) is 3.71. The van der Waals surface area contributed by atoms with E-state index in [9.17, 15) is 0 Å². The van der Waals surface area contributed by atoms with Crippen LogP contribution < -0.4 is 0 Å². The van der Waals surface area contributed by atoms with Crippen molar-refractivity contribution in [3.63, 3.8) is 0 Å². The average molecular weight is 313 g/mol. The van der Waals surface area contributed by atoms with Gasteiger partial charge >= 0.3 is 0 Å². The van der Waals surface area contributed by atoms with E-state index in [1.54, 1.807) is 0 Å². The fourth-order valence-corrected chi connectivity index (χ4v) is 3.73. The molecule has 2 heterocycles. The molecule has 2 fully saturated rings. The second-order valence-electron chi connectivity index (χ2n) is 5.98. The van der Waals surface area contributed by atoms with E-state index in [2.05, 4.69) is 15.9 Å². The minimum atomic E-state index is 0.645. The van der Waals surface area contributed by atoms with E-state index >= 15 is 0 Å². The zero-order valence-corrected chi connectivity index (χ0v) is 13.3. The third-order valence-electron chi connectivity index (χ3n) is 4.62. The van der Waals surface area contributed by atoms with Crippen LogP contribution >= 0.6 is 23.2 Å². The van der Waals surface area contributed by atoms with Gasteiger partial charge in [-0.1, -0.05) is 35.7 Å². The first-order valence-corrected chi connectivity index (χ1v) is 8.38. The zero-order chi connectivity index (χ0) is 13.9. The van der Waals surface area contributed by atoms with Gasteiger partial charge < -0.3 is 4.90 Å². The van der Waals surface area contributed by atoms with Gasteiger partial charge in [0.05, 0.1) is 10.0 Å². The lowest BCUT2D eigenvalue weighted by Gasteiger charge is -2.44. The van der Waals surface area contributed by atoms with Crippen LogP contribution in [0.4, 0.5) is 0 Å². The van der Waals surface area contributed by atoms with Crippen LogP contribution in [0.5, 0.6) is 0 Å². The smallest absolute Gasteiger partial charge is 0.0595 e. The summed E-state index contributed by atoms with van der Waals surface area (Å²) < 4.78 is 0. The second kappa shape index (κ2) is 6.65. The lowest BCUT2D eigenvalue weighted by atomic mass is 9.99. The van der Waals surface area contributed by atoms with Crippen molar-refractivity contribution >= 4 is 23.2 Å². The SMILES string of the molecule is Clc1ccc(CCN2CCN3CCCC[C@@H]3C2)cc1Cl. The molecule has 2 aliphatic heterocycles. The molecule has 0 radical (unpaired) electrons. The van der Waals surface area contributed by atoms with E-state index in [0.29, 0.717) is 10.0 Å². The molecule has 20 heavy (non-hydrogen) atoms. The molecule has 0 saturated carbocycles. The highest BCUT2D eigenvalue weighted by atomic mass is 35.5. The number of nitrogens with zero attached hydrogens (tertiary/aromatic N) is 2. The van der Waals surface area contributed by atoms with Crippen LogP contribution in [0.15, 0.2) is 18.2 Å². The largest absolute Gasteiger partial charge is 0.300 e. The van der Waals surface area contributed by atoms with Gasteiger partial charge in [-0.05, 0) is 43.5 Å². The van der Waals surface area contributed by atoms with Crippen molar-refractivity contribution in [2.75, 3.05) is 32.7 Å². The molecule has 0 aromatic heterocycles. The number of hydrogen-bond acceptors (Lipinski definition) is 2. The Morgan fingerprint density at radius 1 is 1.05 bits per heavy atom. The van der Waals surface area contributed by atoms with Crippen molar-refractivity contribution < 1.29 is 0 Å². The van der Waals surface area contributed by atoms with Gasteiger partial charge in [0.25, 0.3) is 0 Å². The monoisotopic (exact) mass is 312 g/mol.